The van der Waals surface area contributed by atoms with E-state index >= 15 is 0 Å². The van der Waals surface area contributed by atoms with Crippen LogP contribution in [0.4, 0.5) is 0 Å². The van der Waals surface area contributed by atoms with Gasteiger partial charge in [-0.1, -0.05) is 13.8 Å². The van der Waals surface area contributed by atoms with E-state index in [1.807, 2.05) is 0 Å². The maximum absolute atomic E-state index is 12.7. The van der Waals surface area contributed by atoms with Gasteiger partial charge in [0.05, 0.1) is 16.4 Å². The Bertz CT molecular complexity index is 534. The highest BCUT2D eigenvalue weighted by atomic mass is 79.9. The molecule has 0 aliphatic heterocycles. The Kier molecular flexibility index (Phi) is 5.02. The fraction of sp³-hybridized carbons (Fsp3) is 0.533. The van der Waals surface area contributed by atoms with Gasteiger partial charge in [-0.05, 0) is 65.2 Å². The maximum Gasteiger partial charge on any atom is 0.336 e. The Morgan fingerprint density at radius 3 is 2.40 bits per heavy atom. The summed E-state index contributed by atoms with van der Waals surface area (Å²) in [5, 5.41) is 9.27. The van der Waals surface area contributed by atoms with Gasteiger partial charge in [0.15, 0.2) is 0 Å². The largest absolute Gasteiger partial charge is 0.478 e. The molecule has 1 aliphatic rings. The topological polar surface area (TPSA) is 54.4 Å². The molecule has 1 aliphatic carbocycles. The average Bonchev–Trinajstić information content (AvgIpc) is 2.37. The van der Waals surface area contributed by atoms with Crippen molar-refractivity contribution in [3.05, 3.63) is 28.2 Å². The number of carboxylic acids is 1. The lowest BCUT2D eigenvalue weighted by Gasteiger charge is -2.30. The van der Waals surface area contributed by atoms with Crippen LogP contribution in [-0.2, 0) is 10.8 Å². The Morgan fingerprint density at radius 1 is 1.25 bits per heavy atom. The lowest BCUT2D eigenvalue weighted by Crippen LogP contribution is -2.27. The third-order valence-corrected chi connectivity index (χ3v) is 6.24. The lowest BCUT2D eigenvalue weighted by atomic mass is 9.83. The van der Waals surface area contributed by atoms with Crippen LogP contribution in [0.1, 0.15) is 43.5 Å². The summed E-state index contributed by atoms with van der Waals surface area (Å²) < 4.78 is 13.2. The number of rotatable bonds is 3. The van der Waals surface area contributed by atoms with Gasteiger partial charge in [0.25, 0.3) is 0 Å². The minimum absolute atomic E-state index is 0.136. The van der Waals surface area contributed by atoms with Gasteiger partial charge in [-0.15, -0.1) is 0 Å². The summed E-state index contributed by atoms with van der Waals surface area (Å²) in [7, 11) is -1.13. The smallest absolute Gasteiger partial charge is 0.336 e. The summed E-state index contributed by atoms with van der Waals surface area (Å²) in [5.74, 6) is 0.172. The van der Waals surface area contributed by atoms with Crippen LogP contribution in [0.15, 0.2) is 27.6 Å². The zero-order chi connectivity index (χ0) is 14.9. The van der Waals surface area contributed by atoms with E-state index in [0.29, 0.717) is 21.2 Å². The number of carbonyl (C=O) groups is 1. The van der Waals surface area contributed by atoms with E-state index in [9.17, 15) is 9.00 Å². The average molecular weight is 359 g/mol. The third-order valence-electron chi connectivity index (χ3n) is 3.84. The van der Waals surface area contributed by atoms with Gasteiger partial charge in [0.1, 0.15) is 0 Å². The van der Waals surface area contributed by atoms with Gasteiger partial charge in [-0.25, -0.2) is 4.79 Å². The molecule has 1 aromatic rings. The highest BCUT2D eigenvalue weighted by Crippen LogP contribution is 2.34. The summed E-state index contributed by atoms with van der Waals surface area (Å²) in [6.45, 7) is 4.40. The fourth-order valence-corrected chi connectivity index (χ4v) is 5.28. The minimum atomic E-state index is -1.13. The SMILES string of the molecule is CC1CC(C)CC(S(=O)c2ccc(Br)c(C(=O)O)c2)C1. The summed E-state index contributed by atoms with van der Waals surface area (Å²) in [5.41, 5.74) is 0.174. The molecule has 0 amide bonds. The highest BCUT2D eigenvalue weighted by molar-refractivity contribution is 9.10. The van der Waals surface area contributed by atoms with E-state index in [4.69, 9.17) is 5.11 Å². The Morgan fingerprint density at radius 2 is 1.85 bits per heavy atom. The van der Waals surface area contributed by atoms with Crippen LogP contribution in [0.25, 0.3) is 0 Å². The normalized spacial score (nSPS) is 28.1. The van der Waals surface area contributed by atoms with Crippen molar-refractivity contribution < 1.29 is 14.1 Å². The number of hydrogen-bond donors (Lipinski definition) is 1. The van der Waals surface area contributed by atoms with E-state index in [2.05, 4.69) is 29.8 Å². The summed E-state index contributed by atoms with van der Waals surface area (Å²) in [6.07, 6.45) is 3.10. The summed E-state index contributed by atoms with van der Waals surface area (Å²) in [6, 6.07) is 4.97. The molecule has 3 atom stereocenters. The first-order valence-corrected chi connectivity index (χ1v) is 8.82. The standard InChI is InChI=1S/C15H19BrO3S/c1-9-5-10(2)7-12(6-9)20(19)11-3-4-14(16)13(8-11)15(17)18/h3-4,8-10,12H,5-7H2,1-2H3,(H,17,18). The summed E-state index contributed by atoms with van der Waals surface area (Å²) in [4.78, 5) is 11.8. The zero-order valence-electron chi connectivity index (χ0n) is 11.6. The first-order chi connectivity index (χ1) is 9.38. The van der Waals surface area contributed by atoms with Gasteiger partial charge in [-0.2, -0.15) is 0 Å². The highest BCUT2D eigenvalue weighted by Gasteiger charge is 2.29. The number of benzene rings is 1. The van der Waals surface area contributed by atoms with Gasteiger partial charge < -0.3 is 5.11 Å². The van der Waals surface area contributed by atoms with Crippen molar-refractivity contribution in [2.75, 3.05) is 0 Å². The van der Waals surface area contributed by atoms with Crippen molar-refractivity contribution in [2.45, 2.75) is 43.3 Å². The van der Waals surface area contributed by atoms with Crippen molar-refractivity contribution in [3.63, 3.8) is 0 Å². The molecule has 1 N–H and O–H groups in total. The van der Waals surface area contributed by atoms with Crippen molar-refractivity contribution in [2.24, 2.45) is 11.8 Å². The minimum Gasteiger partial charge on any atom is -0.478 e. The first-order valence-electron chi connectivity index (χ1n) is 6.82. The number of carboxylic acid groups (broad SMARTS) is 1. The van der Waals surface area contributed by atoms with Crippen LogP contribution in [0.2, 0.25) is 0 Å². The molecule has 1 saturated carbocycles. The van der Waals surface area contributed by atoms with Gasteiger partial charge in [0, 0.05) is 14.6 Å². The second kappa shape index (κ2) is 6.39. The molecule has 5 heteroatoms. The molecule has 3 nitrogen and oxygen atoms in total. The molecule has 1 fully saturated rings. The van der Waals surface area contributed by atoms with Crippen LogP contribution < -0.4 is 0 Å². The maximum atomic E-state index is 12.7. The van der Waals surface area contributed by atoms with E-state index in [1.165, 1.54) is 12.5 Å². The van der Waals surface area contributed by atoms with Gasteiger partial charge in [-0.3, -0.25) is 4.21 Å². The molecular formula is C15H19BrO3S. The number of halogens is 1. The molecule has 0 heterocycles. The van der Waals surface area contributed by atoms with Crippen LogP contribution in [0.5, 0.6) is 0 Å². The van der Waals surface area contributed by atoms with Crippen molar-refractivity contribution in [1.29, 1.82) is 0 Å². The molecule has 0 spiro atoms. The Hall–Kier alpha value is -0.680. The van der Waals surface area contributed by atoms with Crippen molar-refractivity contribution >= 4 is 32.7 Å². The molecule has 0 saturated heterocycles. The van der Waals surface area contributed by atoms with Crippen LogP contribution in [0, 0.1) is 11.8 Å². The van der Waals surface area contributed by atoms with Crippen LogP contribution in [-0.4, -0.2) is 20.5 Å². The Labute approximate surface area is 130 Å². The summed E-state index contributed by atoms with van der Waals surface area (Å²) >= 11 is 3.22. The lowest BCUT2D eigenvalue weighted by molar-refractivity contribution is 0.0695. The van der Waals surface area contributed by atoms with E-state index < -0.39 is 16.8 Å². The van der Waals surface area contributed by atoms with Crippen molar-refractivity contribution in [1.82, 2.24) is 0 Å². The second-order valence-corrected chi connectivity index (χ2v) is 8.37. The zero-order valence-corrected chi connectivity index (χ0v) is 14.0. The van der Waals surface area contributed by atoms with Gasteiger partial charge >= 0.3 is 5.97 Å². The molecule has 110 valence electrons. The number of aromatic carboxylic acids is 1. The molecule has 0 aromatic heterocycles. The van der Waals surface area contributed by atoms with Crippen LogP contribution >= 0.6 is 15.9 Å². The third kappa shape index (κ3) is 3.50. The predicted octanol–water partition coefficient (Wildman–Crippen LogP) is 4.08. The molecule has 0 radical (unpaired) electrons. The predicted molar refractivity (Wildman–Crippen MR) is 83.5 cm³/mol. The molecule has 1 aromatic carbocycles. The fourth-order valence-electron chi connectivity index (χ4n) is 3.03. The van der Waals surface area contributed by atoms with Crippen LogP contribution in [0.3, 0.4) is 0 Å². The first kappa shape index (κ1) is 15.7. The quantitative estimate of drug-likeness (QED) is 0.885. The van der Waals surface area contributed by atoms with Gasteiger partial charge in [0.2, 0.25) is 0 Å². The monoisotopic (exact) mass is 358 g/mol. The van der Waals surface area contributed by atoms with Crippen molar-refractivity contribution in [3.8, 4) is 0 Å². The van der Waals surface area contributed by atoms with E-state index in [-0.39, 0.29) is 10.8 Å². The molecular weight excluding hydrogens is 340 g/mol. The van der Waals surface area contributed by atoms with E-state index in [0.717, 1.165) is 12.8 Å². The molecule has 3 unspecified atom stereocenters. The molecule has 20 heavy (non-hydrogen) atoms. The second-order valence-electron chi connectivity index (χ2n) is 5.78. The Balaban J connectivity index is 2.25. The molecule has 2 rings (SSSR count). The number of hydrogen-bond acceptors (Lipinski definition) is 2. The van der Waals surface area contributed by atoms with E-state index in [1.54, 1.807) is 12.1 Å². The molecule has 0 bridgehead atoms.